The molecule has 1 atom stereocenters. The number of halogens is 2. The Hall–Kier alpha value is -0.980. The van der Waals surface area contributed by atoms with Gasteiger partial charge in [-0.05, 0) is 34.5 Å². The molecule has 1 N–H and O–H groups in total. The molecule has 0 bridgehead atoms. The average molecular weight is 345 g/mol. The lowest BCUT2D eigenvalue weighted by Crippen LogP contribution is -2.38. The molecule has 0 aliphatic carbocycles. The number of amides is 1. The Labute approximate surface area is 126 Å². The van der Waals surface area contributed by atoms with Crippen molar-refractivity contribution >= 4 is 21.8 Å². The number of nitrogens with zero attached hydrogens (tertiary/aromatic N) is 1. The lowest BCUT2D eigenvalue weighted by atomic mass is 10.1. The van der Waals surface area contributed by atoms with E-state index in [2.05, 4.69) is 26.1 Å². The summed E-state index contributed by atoms with van der Waals surface area (Å²) in [7, 11) is 1.67. The Morgan fingerprint density at radius 3 is 3.10 bits per heavy atom. The number of carbonyl (C=O) groups excluding carboxylic acids is 1. The van der Waals surface area contributed by atoms with Crippen molar-refractivity contribution in [1.82, 2.24) is 10.2 Å². The van der Waals surface area contributed by atoms with Gasteiger partial charge in [-0.2, -0.15) is 0 Å². The van der Waals surface area contributed by atoms with Crippen LogP contribution in [0.4, 0.5) is 4.39 Å². The Morgan fingerprint density at radius 2 is 2.40 bits per heavy atom. The van der Waals surface area contributed by atoms with Gasteiger partial charge in [0.1, 0.15) is 5.82 Å². The van der Waals surface area contributed by atoms with Crippen LogP contribution >= 0.6 is 15.9 Å². The monoisotopic (exact) mass is 344 g/mol. The minimum Gasteiger partial charge on any atom is -0.383 e. The van der Waals surface area contributed by atoms with Crippen LogP contribution in [-0.4, -0.2) is 50.2 Å². The van der Waals surface area contributed by atoms with Gasteiger partial charge in [0.25, 0.3) is 5.91 Å². The number of carbonyl (C=O) groups is 1. The number of hydrogen-bond acceptors (Lipinski definition) is 3. The van der Waals surface area contributed by atoms with Gasteiger partial charge in [0.2, 0.25) is 0 Å². The second-order valence-corrected chi connectivity index (χ2v) is 5.70. The minimum atomic E-state index is -0.508. The Kier molecular flexibility index (Phi) is 5.51. The number of benzene rings is 1. The molecule has 1 aromatic carbocycles. The van der Waals surface area contributed by atoms with E-state index in [1.807, 2.05) is 0 Å². The van der Waals surface area contributed by atoms with Gasteiger partial charge in [-0.25, -0.2) is 4.39 Å². The highest BCUT2D eigenvalue weighted by Gasteiger charge is 2.25. The zero-order chi connectivity index (χ0) is 14.5. The van der Waals surface area contributed by atoms with Crippen molar-refractivity contribution in [1.29, 1.82) is 0 Å². The van der Waals surface area contributed by atoms with Crippen molar-refractivity contribution in [3.05, 3.63) is 34.1 Å². The summed E-state index contributed by atoms with van der Waals surface area (Å²) in [5.41, 5.74) is 0.0721. The van der Waals surface area contributed by atoms with Gasteiger partial charge in [-0.1, -0.05) is 6.07 Å². The maximum Gasteiger partial charge on any atom is 0.255 e. The zero-order valence-electron chi connectivity index (χ0n) is 11.4. The highest BCUT2D eigenvalue weighted by molar-refractivity contribution is 9.10. The predicted octanol–water partition coefficient (Wildman–Crippen LogP) is 2.04. The summed E-state index contributed by atoms with van der Waals surface area (Å²) in [4.78, 5) is 14.4. The highest BCUT2D eigenvalue weighted by Crippen LogP contribution is 2.20. The second kappa shape index (κ2) is 7.15. The largest absolute Gasteiger partial charge is 0.383 e. The first-order valence-corrected chi connectivity index (χ1v) is 7.37. The number of methoxy groups -OCH3 is 1. The summed E-state index contributed by atoms with van der Waals surface area (Å²) < 4.78 is 19.2. The van der Waals surface area contributed by atoms with Crippen molar-refractivity contribution < 1.29 is 13.9 Å². The minimum absolute atomic E-state index is 0.0610. The van der Waals surface area contributed by atoms with Crippen molar-refractivity contribution in [3.8, 4) is 0 Å². The molecule has 0 radical (unpaired) electrons. The molecular formula is C14H18BrFN2O2. The normalized spacial score (nSPS) is 19.2. The van der Waals surface area contributed by atoms with E-state index in [0.717, 1.165) is 26.1 Å². The topological polar surface area (TPSA) is 41.6 Å². The quantitative estimate of drug-likeness (QED) is 0.888. The molecule has 0 unspecified atom stereocenters. The molecule has 1 heterocycles. The molecule has 1 amide bonds. The third kappa shape index (κ3) is 3.77. The molecule has 2 rings (SSSR count). The first-order chi connectivity index (χ1) is 9.61. The summed E-state index contributed by atoms with van der Waals surface area (Å²) in [6.45, 7) is 3.24. The average Bonchev–Trinajstić information content (AvgIpc) is 2.83. The summed E-state index contributed by atoms with van der Waals surface area (Å²) >= 11 is 3.22. The van der Waals surface area contributed by atoms with E-state index in [0.29, 0.717) is 11.1 Å². The van der Waals surface area contributed by atoms with Crippen LogP contribution < -0.4 is 5.32 Å². The lowest BCUT2D eigenvalue weighted by Gasteiger charge is -2.16. The number of nitrogens with one attached hydrogen (secondary N) is 1. The zero-order valence-corrected chi connectivity index (χ0v) is 13.0. The van der Waals surface area contributed by atoms with Crippen LogP contribution in [0.3, 0.4) is 0 Å². The van der Waals surface area contributed by atoms with Crippen LogP contribution in [0.2, 0.25) is 0 Å². The molecule has 110 valence electrons. The van der Waals surface area contributed by atoms with Gasteiger partial charge in [0.05, 0.1) is 12.2 Å². The smallest absolute Gasteiger partial charge is 0.255 e. The molecule has 0 saturated carbocycles. The standard InChI is InChI=1S/C14H18BrFN2O2/c1-20-8-7-18-6-5-10(9-18)17-14(19)13-11(15)3-2-4-12(13)16/h2-4,10H,5-9H2,1H3,(H,17,19)/t10-/m1/s1. The maximum absolute atomic E-state index is 13.7. The molecule has 20 heavy (non-hydrogen) atoms. The van der Waals surface area contributed by atoms with Crippen LogP contribution in [0.5, 0.6) is 0 Å². The third-order valence-electron chi connectivity index (χ3n) is 3.41. The fourth-order valence-electron chi connectivity index (χ4n) is 2.35. The number of likely N-dealkylation sites (tertiary alicyclic amines) is 1. The molecule has 0 spiro atoms. The van der Waals surface area contributed by atoms with Crippen molar-refractivity contribution in [3.63, 3.8) is 0 Å². The summed E-state index contributed by atoms with van der Waals surface area (Å²) in [6, 6.07) is 4.58. The maximum atomic E-state index is 13.7. The van der Waals surface area contributed by atoms with Crippen molar-refractivity contribution in [2.75, 3.05) is 33.4 Å². The number of hydrogen-bond donors (Lipinski definition) is 1. The number of ether oxygens (including phenoxy) is 1. The van der Waals surface area contributed by atoms with Crippen molar-refractivity contribution in [2.24, 2.45) is 0 Å². The van der Waals surface area contributed by atoms with E-state index in [4.69, 9.17) is 4.74 Å². The van der Waals surface area contributed by atoms with Gasteiger partial charge in [0.15, 0.2) is 0 Å². The van der Waals surface area contributed by atoms with E-state index in [9.17, 15) is 9.18 Å². The highest BCUT2D eigenvalue weighted by atomic mass is 79.9. The molecular weight excluding hydrogens is 327 g/mol. The van der Waals surface area contributed by atoms with E-state index in [1.54, 1.807) is 19.2 Å². The van der Waals surface area contributed by atoms with Crippen LogP contribution in [0.15, 0.2) is 22.7 Å². The molecule has 1 aromatic rings. The molecule has 1 saturated heterocycles. The molecule has 1 aliphatic heterocycles. The summed E-state index contributed by atoms with van der Waals surface area (Å²) in [5, 5.41) is 2.89. The van der Waals surface area contributed by atoms with E-state index < -0.39 is 5.82 Å². The molecule has 6 heteroatoms. The molecule has 1 aliphatic rings. The van der Waals surface area contributed by atoms with E-state index in [-0.39, 0.29) is 17.5 Å². The van der Waals surface area contributed by atoms with Crippen LogP contribution in [-0.2, 0) is 4.74 Å². The van der Waals surface area contributed by atoms with E-state index >= 15 is 0 Å². The third-order valence-corrected chi connectivity index (χ3v) is 4.07. The summed E-state index contributed by atoms with van der Waals surface area (Å²) in [5.74, 6) is -0.875. The van der Waals surface area contributed by atoms with Gasteiger partial charge in [0, 0.05) is 37.3 Å². The van der Waals surface area contributed by atoms with Gasteiger partial charge >= 0.3 is 0 Å². The first kappa shape index (κ1) is 15.4. The molecule has 0 aromatic heterocycles. The Morgan fingerprint density at radius 1 is 1.60 bits per heavy atom. The van der Waals surface area contributed by atoms with E-state index in [1.165, 1.54) is 6.07 Å². The van der Waals surface area contributed by atoms with Crippen molar-refractivity contribution in [2.45, 2.75) is 12.5 Å². The second-order valence-electron chi connectivity index (χ2n) is 4.85. The lowest BCUT2D eigenvalue weighted by molar-refractivity contribution is 0.0931. The summed E-state index contributed by atoms with van der Waals surface area (Å²) in [6.07, 6.45) is 0.877. The Bertz CT molecular complexity index is 464. The molecule has 4 nitrogen and oxygen atoms in total. The van der Waals surface area contributed by atoms with Crippen LogP contribution in [0.1, 0.15) is 16.8 Å². The van der Waals surface area contributed by atoms with Gasteiger partial charge in [-0.15, -0.1) is 0 Å². The number of rotatable bonds is 5. The SMILES string of the molecule is COCCN1CC[C@@H](NC(=O)c2c(F)cccc2Br)C1. The van der Waals surface area contributed by atoms with Gasteiger partial charge < -0.3 is 10.1 Å². The fourth-order valence-corrected chi connectivity index (χ4v) is 2.87. The predicted molar refractivity (Wildman–Crippen MR) is 78.3 cm³/mol. The molecule has 1 fully saturated rings. The van der Waals surface area contributed by atoms with Gasteiger partial charge in [-0.3, -0.25) is 9.69 Å². The Balaban J connectivity index is 1.93. The van der Waals surface area contributed by atoms with Crippen LogP contribution in [0.25, 0.3) is 0 Å². The fraction of sp³-hybridized carbons (Fsp3) is 0.500. The van der Waals surface area contributed by atoms with Crippen LogP contribution in [0, 0.1) is 5.82 Å². The first-order valence-electron chi connectivity index (χ1n) is 6.58.